The topological polar surface area (TPSA) is 71.8 Å². The van der Waals surface area contributed by atoms with Gasteiger partial charge >= 0.3 is 0 Å². The van der Waals surface area contributed by atoms with Gasteiger partial charge in [-0.25, -0.2) is 9.50 Å². The molecule has 0 saturated carbocycles. The van der Waals surface area contributed by atoms with E-state index >= 15 is 0 Å². The molecule has 1 amide bonds. The number of ether oxygens (including phenoxy) is 1. The Labute approximate surface area is 157 Å². The average Bonchev–Trinajstić information content (AvgIpc) is 3.42. The van der Waals surface area contributed by atoms with Gasteiger partial charge in [-0.3, -0.25) is 4.79 Å². The van der Waals surface area contributed by atoms with Gasteiger partial charge in [0.05, 0.1) is 13.2 Å². The van der Waals surface area contributed by atoms with Crippen LogP contribution in [-0.2, 0) is 0 Å². The lowest BCUT2D eigenvalue weighted by Crippen LogP contribution is -2.35. The van der Waals surface area contributed by atoms with Gasteiger partial charge in [0.2, 0.25) is 0 Å². The van der Waals surface area contributed by atoms with Gasteiger partial charge in [0.25, 0.3) is 5.91 Å². The van der Waals surface area contributed by atoms with Crippen molar-refractivity contribution in [3.8, 4) is 5.75 Å². The zero-order chi connectivity index (χ0) is 18.4. The molecular formula is C20H21N5O2. The number of amides is 1. The molecule has 1 N–H and O–H groups in total. The molecule has 7 nitrogen and oxygen atoms in total. The Kier molecular flexibility index (Phi) is 3.82. The Balaban J connectivity index is 1.54. The van der Waals surface area contributed by atoms with Crippen molar-refractivity contribution in [1.82, 2.24) is 24.8 Å². The molecule has 0 aliphatic carbocycles. The lowest BCUT2D eigenvalue weighted by molar-refractivity contribution is 0.0705. The summed E-state index contributed by atoms with van der Waals surface area (Å²) in [5.74, 6) is 1.71. The second kappa shape index (κ2) is 6.35. The summed E-state index contributed by atoms with van der Waals surface area (Å²) in [5, 5.41) is 7.71. The normalized spacial score (nSPS) is 24.3. The van der Waals surface area contributed by atoms with Crippen LogP contribution in [0.1, 0.15) is 22.1 Å². The Bertz CT molecular complexity index is 983. The second-order valence-corrected chi connectivity index (χ2v) is 7.20. The number of carbonyl (C=O) groups is 1. The molecule has 0 unspecified atom stereocenters. The Morgan fingerprint density at radius 1 is 1.19 bits per heavy atom. The first kappa shape index (κ1) is 16.3. The summed E-state index contributed by atoms with van der Waals surface area (Å²) in [7, 11) is 1.66. The smallest absolute Gasteiger partial charge is 0.273 e. The van der Waals surface area contributed by atoms with Crippen LogP contribution in [0, 0.1) is 11.8 Å². The van der Waals surface area contributed by atoms with Crippen LogP contribution in [0.5, 0.6) is 5.75 Å². The van der Waals surface area contributed by atoms with Gasteiger partial charge in [0, 0.05) is 25.6 Å². The zero-order valence-corrected chi connectivity index (χ0v) is 15.1. The number of hydrogen-bond donors (Lipinski definition) is 1. The quantitative estimate of drug-likeness (QED) is 0.768. The third-order valence-electron chi connectivity index (χ3n) is 5.80. The Hall–Kier alpha value is -2.93. The van der Waals surface area contributed by atoms with Crippen LogP contribution >= 0.6 is 0 Å². The van der Waals surface area contributed by atoms with Gasteiger partial charge in [-0.15, -0.1) is 0 Å². The van der Waals surface area contributed by atoms with E-state index in [0.29, 0.717) is 23.2 Å². The van der Waals surface area contributed by atoms with Crippen molar-refractivity contribution in [2.75, 3.05) is 26.7 Å². The minimum Gasteiger partial charge on any atom is -0.497 e. The minimum atomic E-state index is 0.00122. The number of nitrogens with one attached hydrogen (secondary N) is 1. The second-order valence-electron chi connectivity index (χ2n) is 7.20. The molecule has 2 aromatic heterocycles. The maximum absolute atomic E-state index is 13.5. The molecule has 3 atom stereocenters. The van der Waals surface area contributed by atoms with Gasteiger partial charge in [-0.1, -0.05) is 18.2 Å². The molecule has 138 valence electrons. The van der Waals surface area contributed by atoms with Crippen molar-refractivity contribution in [2.45, 2.75) is 6.04 Å². The fourth-order valence-electron chi connectivity index (χ4n) is 4.51. The van der Waals surface area contributed by atoms with E-state index in [4.69, 9.17) is 4.74 Å². The third-order valence-corrected chi connectivity index (χ3v) is 5.80. The maximum atomic E-state index is 13.5. The first-order valence-electron chi connectivity index (χ1n) is 9.20. The van der Waals surface area contributed by atoms with Crippen molar-refractivity contribution in [3.63, 3.8) is 0 Å². The summed E-state index contributed by atoms with van der Waals surface area (Å²) in [6.07, 6.45) is 1.48. The number of pyridine rings is 1. The molecular weight excluding hydrogens is 342 g/mol. The lowest BCUT2D eigenvalue weighted by Gasteiger charge is -2.28. The van der Waals surface area contributed by atoms with Crippen LogP contribution in [0.4, 0.5) is 0 Å². The van der Waals surface area contributed by atoms with E-state index in [9.17, 15) is 4.79 Å². The van der Waals surface area contributed by atoms with E-state index in [1.165, 1.54) is 6.33 Å². The zero-order valence-electron chi connectivity index (χ0n) is 15.1. The van der Waals surface area contributed by atoms with Crippen molar-refractivity contribution in [2.24, 2.45) is 11.8 Å². The molecule has 1 aromatic carbocycles. The third kappa shape index (κ3) is 2.57. The predicted octanol–water partition coefficient (Wildman–Crippen LogP) is 1.77. The molecule has 0 radical (unpaired) electrons. The van der Waals surface area contributed by atoms with Gasteiger partial charge in [0.15, 0.2) is 5.65 Å². The molecule has 2 saturated heterocycles. The van der Waals surface area contributed by atoms with E-state index in [2.05, 4.69) is 27.5 Å². The number of benzene rings is 1. The summed E-state index contributed by atoms with van der Waals surface area (Å²) in [6, 6.07) is 13.6. The van der Waals surface area contributed by atoms with Crippen LogP contribution in [0.3, 0.4) is 0 Å². The number of aromatic nitrogens is 3. The molecule has 5 rings (SSSR count). The first-order chi connectivity index (χ1) is 13.3. The summed E-state index contributed by atoms with van der Waals surface area (Å²) >= 11 is 0. The van der Waals surface area contributed by atoms with Crippen LogP contribution in [-0.4, -0.2) is 52.1 Å². The Morgan fingerprint density at radius 3 is 2.85 bits per heavy atom. The van der Waals surface area contributed by atoms with E-state index in [0.717, 1.165) is 30.9 Å². The standard InChI is InChI=1S/C20H21N5O2/c1-27-15-7-5-13(6-8-15)19-16-10-21-9-14(16)11-24(19)20(26)17-3-2-4-18-22-12-23-25(17)18/h2-8,12,14,16,19,21H,9-11H2,1H3/t14-,16-,19-/m0/s1. The highest BCUT2D eigenvalue weighted by Crippen LogP contribution is 2.43. The monoisotopic (exact) mass is 363 g/mol. The number of fused-ring (bicyclic) bond motifs is 2. The number of likely N-dealkylation sites (tertiary alicyclic amines) is 1. The SMILES string of the molecule is COc1ccc([C@H]2[C@H]3CNC[C@H]3CN2C(=O)c2cccc3ncnn23)cc1. The van der Waals surface area contributed by atoms with E-state index in [1.807, 2.05) is 35.2 Å². The van der Waals surface area contributed by atoms with Crippen LogP contribution in [0.25, 0.3) is 5.65 Å². The number of carbonyl (C=O) groups excluding carboxylic acids is 1. The molecule has 2 aliphatic heterocycles. The highest BCUT2D eigenvalue weighted by molar-refractivity contribution is 5.93. The molecule has 3 aromatic rings. The molecule has 0 spiro atoms. The fourth-order valence-corrected chi connectivity index (χ4v) is 4.51. The Morgan fingerprint density at radius 2 is 2.04 bits per heavy atom. The highest BCUT2D eigenvalue weighted by atomic mass is 16.5. The number of rotatable bonds is 3. The van der Waals surface area contributed by atoms with Gasteiger partial charge < -0.3 is 15.0 Å². The summed E-state index contributed by atoms with van der Waals surface area (Å²) in [6.45, 7) is 2.63. The van der Waals surface area contributed by atoms with Crippen molar-refractivity contribution in [1.29, 1.82) is 0 Å². The van der Waals surface area contributed by atoms with Crippen molar-refractivity contribution < 1.29 is 9.53 Å². The number of hydrogen-bond acceptors (Lipinski definition) is 5. The minimum absolute atomic E-state index is 0.00122. The molecule has 27 heavy (non-hydrogen) atoms. The number of nitrogens with zero attached hydrogens (tertiary/aromatic N) is 4. The van der Waals surface area contributed by atoms with Crippen LogP contribution in [0.15, 0.2) is 48.8 Å². The molecule has 4 heterocycles. The molecule has 7 heteroatoms. The van der Waals surface area contributed by atoms with Crippen LogP contribution < -0.4 is 10.1 Å². The summed E-state index contributed by atoms with van der Waals surface area (Å²) in [5.41, 5.74) is 2.38. The van der Waals surface area contributed by atoms with Gasteiger partial charge in [-0.2, -0.15) is 5.10 Å². The summed E-state index contributed by atoms with van der Waals surface area (Å²) in [4.78, 5) is 19.7. The molecule has 0 bridgehead atoms. The first-order valence-corrected chi connectivity index (χ1v) is 9.20. The van der Waals surface area contributed by atoms with Crippen LogP contribution in [0.2, 0.25) is 0 Å². The van der Waals surface area contributed by atoms with Crippen molar-refractivity contribution in [3.05, 3.63) is 60.0 Å². The van der Waals surface area contributed by atoms with Gasteiger partial charge in [0.1, 0.15) is 17.8 Å². The lowest BCUT2D eigenvalue weighted by atomic mass is 9.89. The largest absolute Gasteiger partial charge is 0.497 e. The van der Waals surface area contributed by atoms with Gasteiger partial charge in [-0.05, 0) is 35.7 Å². The average molecular weight is 363 g/mol. The predicted molar refractivity (Wildman–Crippen MR) is 99.6 cm³/mol. The maximum Gasteiger partial charge on any atom is 0.273 e. The fraction of sp³-hybridized carbons (Fsp3) is 0.350. The molecule has 2 aliphatic rings. The highest BCUT2D eigenvalue weighted by Gasteiger charge is 2.47. The summed E-state index contributed by atoms with van der Waals surface area (Å²) < 4.78 is 6.91. The van der Waals surface area contributed by atoms with E-state index in [-0.39, 0.29) is 11.9 Å². The molecule has 2 fully saturated rings. The van der Waals surface area contributed by atoms with E-state index in [1.54, 1.807) is 11.6 Å². The van der Waals surface area contributed by atoms with E-state index < -0.39 is 0 Å². The number of methoxy groups -OCH3 is 1. The van der Waals surface area contributed by atoms with Crippen molar-refractivity contribution >= 4 is 11.6 Å².